The van der Waals surface area contributed by atoms with Gasteiger partial charge in [-0.2, -0.15) is 0 Å². The number of amides is 1. The predicted octanol–water partition coefficient (Wildman–Crippen LogP) is 4.66. The van der Waals surface area contributed by atoms with Crippen LogP contribution in [0.25, 0.3) is 0 Å². The quantitative estimate of drug-likeness (QED) is 0.733. The molecule has 0 bridgehead atoms. The van der Waals surface area contributed by atoms with E-state index in [1.165, 1.54) is 0 Å². The summed E-state index contributed by atoms with van der Waals surface area (Å²) < 4.78 is -0.939. The molecule has 0 saturated heterocycles. The molecule has 1 aliphatic rings. The number of alkyl halides is 2. The molecular weight excluding hydrogens is 317 g/mol. The second-order valence-electron chi connectivity index (χ2n) is 5.87. The van der Waals surface area contributed by atoms with Crippen LogP contribution in [-0.2, 0) is 11.3 Å². The van der Waals surface area contributed by atoms with E-state index in [-0.39, 0.29) is 11.9 Å². The van der Waals surface area contributed by atoms with Crippen LogP contribution < -0.4 is 0 Å². The van der Waals surface area contributed by atoms with Gasteiger partial charge in [0.2, 0.25) is 5.91 Å². The molecule has 0 spiro atoms. The summed E-state index contributed by atoms with van der Waals surface area (Å²) in [5.74, 6) is -0.00234. The average molecular weight is 335 g/mol. The van der Waals surface area contributed by atoms with E-state index < -0.39 is 9.75 Å². The third kappa shape index (κ3) is 2.93. The Hall–Kier alpha value is -0.440. The zero-order valence-corrected chi connectivity index (χ0v) is 14.1. The first-order chi connectivity index (χ1) is 9.17. The molecule has 2 nitrogen and oxygen atoms in total. The SMILES string of the molecule is CC(C)N(Cc1cccc(Cl)c1)C(=O)C1(C)CC1(Cl)Cl. The summed E-state index contributed by atoms with van der Waals surface area (Å²) in [6.07, 6.45) is 0.501. The fourth-order valence-electron chi connectivity index (χ4n) is 2.27. The molecular formula is C15H18Cl3NO. The molecule has 20 heavy (non-hydrogen) atoms. The summed E-state index contributed by atoms with van der Waals surface area (Å²) in [6.45, 7) is 6.30. The highest BCUT2D eigenvalue weighted by Crippen LogP contribution is 2.64. The minimum Gasteiger partial charge on any atom is -0.335 e. The first kappa shape index (κ1) is 15.9. The molecule has 0 heterocycles. The minimum absolute atomic E-state index is 0.00234. The van der Waals surface area contributed by atoms with Crippen molar-refractivity contribution < 1.29 is 4.79 Å². The van der Waals surface area contributed by atoms with Gasteiger partial charge < -0.3 is 4.90 Å². The first-order valence-corrected chi connectivity index (χ1v) is 7.74. The fourth-order valence-corrected chi connectivity index (χ4v) is 3.18. The molecule has 0 aliphatic heterocycles. The predicted molar refractivity (Wildman–Crippen MR) is 84.3 cm³/mol. The topological polar surface area (TPSA) is 20.3 Å². The zero-order chi connectivity index (χ0) is 15.1. The van der Waals surface area contributed by atoms with Crippen LogP contribution in [0.4, 0.5) is 0 Å². The lowest BCUT2D eigenvalue weighted by atomic mass is 10.1. The van der Waals surface area contributed by atoms with Gasteiger partial charge in [-0.1, -0.05) is 23.7 Å². The summed E-state index contributed by atoms with van der Waals surface area (Å²) in [5.41, 5.74) is 0.317. The number of hydrogen-bond acceptors (Lipinski definition) is 1. The number of carbonyl (C=O) groups is 1. The van der Waals surface area contributed by atoms with Crippen LogP contribution in [0.1, 0.15) is 32.8 Å². The summed E-state index contributed by atoms with van der Waals surface area (Å²) in [6, 6.07) is 7.60. The summed E-state index contributed by atoms with van der Waals surface area (Å²) in [4.78, 5) is 14.5. The summed E-state index contributed by atoms with van der Waals surface area (Å²) >= 11 is 18.2. The molecule has 1 aromatic rings. The van der Waals surface area contributed by atoms with Crippen LogP contribution >= 0.6 is 34.8 Å². The van der Waals surface area contributed by atoms with E-state index in [0.29, 0.717) is 18.0 Å². The average Bonchev–Trinajstić information content (AvgIpc) is 2.86. The maximum atomic E-state index is 12.7. The Bertz CT molecular complexity index is 530. The summed E-state index contributed by atoms with van der Waals surface area (Å²) in [5, 5.41) is 0.667. The molecule has 2 rings (SSSR count). The van der Waals surface area contributed by atoms with Crippen molar-refractivity contribution in [1.82, 2.24) is 4.90 Å². The van der Waals surface area contributed by atoms with Crippen LogP contribution in [-0.4, -0.2) is 21.2 Å². The molecule has 1 aliphatic carbocycles. The van der Waals surface area contributed by atoms with Crippen molar-refractivity contribution in [2.24, 2.45) is 5.41 Å². The maximum Gasteiger partial charge on any atom is 0.232 e. The van der Waals surface area contributed by atoms with Crippen molar-refractivity contribution in [3.8, 4) is 0 Å². The lowest BCUT2D eigenvalue weighted by Gasteiger charge is -2.30. The number of benzene rings is 1. The van der Waals surface area contributed by atoms with Gasteiger partial charge in [0.15, 0.2) is 0 Å². The highest BCUT2D eigenvalue weighted by molar-refractivity contribution is 6.53. The molecule has 1 aromatic carbocycles. The van der Waals surface area contributed by atoms with Gasteiger partial charge in [0.25, 0.3) is 0 Å². The summed E-state index contributed by atoms with van der Waals surface area (Å²) in [7, 11) is 0. The third-order valence-corrected chi connectivity index (χ3v) is 5.19. The van der Waals surface area contributed by atoms with Crippen molar-refractivity contribution in [3.05, 3.63) is 34.9 Å². The number of carbonyl (C=O) groups excluding carboxylic acids is 1. The van der Waals surface area contributed by atoms with Gasteiger partial charge in [-0.3, -0.25) is 4.79 Å². The van der Waals surface area contributed by atoms with E-state index in [4.69, 9.17) is 34.8 Å². The third-order valence-electron chi connectivity index (χ3n) is 3.86. The molecule has 0 radical (unpaired) electrons. The Balaban J connectivity index is 2.19. The maximum absolute atomic E-state index is 12.7. The van der Waals surface area contributed by atoms with Crippen molar-refractivity contribution >= 4 is 40.7 Å². The number of halogens is 3. The fraction of sp³-hybridized carbons (Fsp3) is 0.533. The van der Waals surface area contributed by atoms with Crippen LogP contribution in [0.15, 0.2) is 24.3 Å². The van der Waals surface area contributed by atoms with E-state index in [1.54, 1.807) is 4.90 Å². The van der Waals surface area contributed by atoms with Crippen LogP contribution in [0.2, 0.25) is 5.02 Å². The number of rotatable bonds is 4. The number of nitrogens with zero attached hydrogens (tertiary/aromatic N) is 1. The van der Waals surface area contributed by atoms with Gasteiger partial charge in [-0.05, 0) is 44.9 Å². The molecule has 1 unspecified atom stereocenters. The van der Waals surface area contributed by atoms with E-state index in [2.05, 4.69) is 0 Å². The van der Waals surface area contributed by atoms with Gasteiger partial charge in [0.1, 0.15) is 4.33 Å². The molecule has 110 valence electrons. The van der Waals surface area contributed by atoms with Crippen LogP contribution in [0, 0.1) is 5.41 Å². The lowest BCUT2D eigenvalue weighted by Crippen LogP contribution is -2.42. The van der Waals surface area contributed by atoms with E-state index >= 15 is 0 Å². The standard InChI is InChI=1S/C15H18Cl3NO/c1-10(2)19(8-11-5-4-6-12(16)7-11)13(20)14(3)9-15(14,17)18/h4-7,10H,8-9H2,1-3H3. The minimum atomic E-state index is -0.939. The molecule has 0 aromatic heterocycles. The normalized spacial score (nSPS) is 23.8. The molecule has 1 atom stereocenters. The van der Waals surface area contributed by atoms with Crippen LogP contribution in [0.3, 0.4) is 0 Å². The second-order valence-corrected chi connectivity index (χ2v) is 7.79. The Morgan fingerprint density at radius 2 is 2.00 bits per heavy atom. The largest absolute Gasteiger partial charge is 0.335 e. The monoisotopic (exact) mass is 333 g/mol. The Labute approximate surface area is 135 Å². The second kappa shape index (κ2) is 5.40. The lowest BCUT2D eigenvalue weighted by molar-refractivity contribution is -0.138. The Morgan fingerprint density at radius 3 is 2.45 bits per heavy atom. The Kier molecular flexibility index (Phi) is 4.30. The van der Waals surface area contributed by atoms with Gasteiger partial charge in [0, 0.05) is 17.6 Å². The zero-order valence-electron chi connectivity index (χ0n) is 11.8. The first-order valence-electron chi connectivity index (χ1n) is 6.61. The molecule has 1 fully saturated rings. The Morgan fingerprint density at radius 1 is 1.40 bits per heavy atom. The van der Waals surface area contributed by atoms with Crippen molar-refractivity contribution in [2.75, 3.05) is 0 Å². The van der Waals surface area contributed by atoms with Crippen LogP contribution in [0.5, 0.6) is 0 Å². The van der Waals surface area contributed by atoms with Gasteiger partial charge >= 0.3 is 0 Å². The highest BCUT2D eigenvalue weighted by atomic mass is 35.5. The number of hydrogen-bond donors (Lipinski definition) is 0. The van der Waals surface area contributed by atoms with E-state index in [1.807, 2.05) is 45.0 Å². The molecule has 0 N–H and O–H groups in total. The highest BCUT2D eigenvalue weighted by Gasteiger charge is 2.68. The smallest absolute Gasteiger partial charge is 0.232 e. The molecule has 1 amide bonds. The van der Waals surface area contributed by atoms with Crippen molar-refractivity contribution in [3.63, 3.8) is 0 Å². The van der Waals surface area contributed by atoms with E-state index in [9.17, 15) is 4.79 Å². The van der Waals surface area contributed by atoms with Crippen molar-refractivity contribution in [2.45, 2.75) is 44.1 Å². The van der Waals surface area contributed by atoms with Gasteiger partial charge in [0.05, 0.1) is 5.41 Å². The van der Waals surface area contributed by atoms with Gasteiger partial charge in [-0.25, -0.2) is 0 Å². The van der Waals surface area contributed by atoms with Crippen molar-refractivity contribution in [1.29, 1.82) is 0 Å². The molecule has 5 heteroatoms. The van der Waals surface area contributed by atoms with E-state index in [0.717, 1.165) is 5.56 Å². The van der Waals surface area contributed by atoms with Gasteiger partial charge in [-0.15, -0.1) is 23.2 Å². The molecule has 1 saturated carbocycles.